The van der Waals surface area contributed by atoms with Crippen LogP contribution in [0.1, 0.15) is 24.5 Å². The maximum atomic E-state index is 8.99. The Hall–Kier alpha value is -1.69. The molecule has 2 heterocycles. The van der Waals surface area contributed by atoms with Crippen LogP contribution in [0.3, 0.4) is 0 Å². The third kappa shape index (κ3) is 2.04. The van der Waals surface area contributed by atoms with Crippen LogP contribution < -0.4 is 0 Å². The fraction of sp³-hybridized carbons (Fsp3) is 0.444. The van der Waals surface area contributed by atoms with E-state index in [1.165, 1.54) is 0 Å². The lowest BCUT2D eigenvalue weighted by atomic mass is 10.5. The van der Waals surface area contributed by atoms with E-state index in [4.69, 9.17) is 9.63 Å². The average molecular weight is 208 g/mol. The van der Waals surface area contributed by atoms with Crippen LogP contribution in [0.15, 0.2) is 16.9 Å². The third-order valence-electron chi connectivity index (χ3n) is 2.07. The van der Waals surface area contributed by atoms with E-state index >= 15 is 0 Å². The van der Waals surface area contributed by atoms with Gasteiger partial charge in [0.2, 0.25) is 5.89 Å². The normalized spacial score (nSPS) is 10.8. The van der Waals surface area contributed by atoms with E-state index in [0.717, 1.165) is 6.42 Å². The molecule has 2 aromatic heterocycles. The zero-order valence-corrected chi connectivity index (χ0v) is 8.42. The summed E-state index contributed by atoms with van der Waals surface area (Å²) in [6, 6.07) is 0. The molecule has 0 bridgehead atoms. The summed E-state index contributed by atoms with van der Waals surface area (Å²) in [6.07, 6.45) is 4.13. The monoisotopic (exact) mass is 208 g/mol. The summed E-state index contributed by atoms with van der Waals surface area (Å²) in [5, 5.41) is 12.8. The molecule has 0 atom stereocenters. The molecule has 0 amide bonds. The highest BCUT2D eigenvalue weighted by molar-refractivity contribution is 4.95. The molecule has 0 saturated carbocycles. The maximum Gasteiger partial charge on any atom is 0.226 e. The highest BCUT2D eigenvalue weighted by atomic mass is 16.5. The van der Waals surface area contributed by atoms with Crippen molar-refractivity contribution in [2.45, 2.75) is 26.5 Å². The highest BCUT2D eigenvalue weighted by Gasteiger charge is 2.07. The van der Waals surface area contributed by atoms with E-state index in [1.807, 2.05) is 6.92 Å². The quantitative estimate of drug-likeness (QED) is 0.785. The maximum absolute atomic E-state index is 8.99. The van der Waals surface area contributed by atoms with Crippen molar-refractivity contribution >= 4 is 0 Å². The molecule has 0 spiro atoms. The number of hydrogen-bond donors (Lipinski definition) is 1. The van der Waals surface area contributed by atoms with Gasteiger partial charge in [-0.25, -0.2) is 4.98 Å². The van der Waals surface area contributed by atoms with Gasteiger partial charge in [-0.1, -0.05) is 12.1 Å². The van der Waals surface area contributed by atoms with E-state index in [9.17, 15) is 0 Å². The van der Waals surface area contributed by atoms with Crippen LogP contribution in [0, 0.1) is 0 Å². The van der Waals surface area contributed by atoms with Crippen LogP contribution >= 0.6 is 0 Å². The summed E-state index contributed by atoms with van der Waals surface area (Å²) in [5.74, 6) is 1.81. The van der Waals surface area contributed by atoms with Gasteiger partial charge in [-0.05, 0) is 0 Å². The van der Waals surface area contributed by atoms with E-state index in [-0.39, 0.29) is 6.61 Å². The number of aliphatic hydroxyl groups excluding tert-OH is 1. The van der Waals surface area contributed by atoms with Gasteiger partial charge in [-0.3, -0.25) is 0 Å². The molecule has 1 N–H and O–H groups in total. The molecule has 2 rings (SSSR count). The van der Waals surface area contributed by atoms with Crippen LogP contribution in [0.2, 0.25) is 0 Å². The van der Waals surface area contributed by atoms with Crippen LogP contribution in [0.4, 0.5) is 0 Å². The molecule has 0 aromatic carbocycles. The van der Waals surface area contributed by atoms with Gasteiger partial charge in [0.15, 0.2) is 5.82 Å². The minimum absolute atomic E-state index is 0.0918. The molecule has 0 unspecified atom stereocenters. The van der Waals surface area contributed by atoms with Crippen LogP contribution in [-0.4, -0.2) is 24.8 Å². The van der Waals surface area contributed by atoms with E-state index in [0.29, 0.717) is 24.1 Å². The molecular weight excluding hydrogens is 196 g/mol. The van der Waals surface area contributed by atoms with E-state index in [2.05, 4.69) is 15.1 Å². The van der Waals surface area contributed by atoms with Crippen molar-refractivity contribution in [1.29, 1.82) is 0 Å². The number of nitrogens with zero attached hydrogens (tertiary/aromatic N) is 4. The Morgan fingerprint density at radius 2 is 2.40 bits per heavy atom. The van der Waals surface area contributed by atoms with Crippen molar-refractivity contribution in [2.24, 2.45) is 0 Å². The number of aromatic nitrogens is 4. The Kier molecular flexibility index (Phi) is 2.77. The minimum atomic E-state index is -0.0918. The fourth-order valence-electron chi connectivity index (χ4n) is 1.29. The van der Waals surface area contributed by atoms with Crippen molar-refractivity contribution in [1.82, 2.24) is 19.7 Å². The van der Waals surface area contributed by atoms with Crippen molar-refractivity contribution in [3.63, 3.8) is 0 Å². The van der Waals surface area contributed by atoms with Crippen molar-refractivity contribution in [3.8, 4) is 0 Å². The summed E-state index contributed by atoms with van der Waals surface area (Å²) in [5.41, 5.74) is 0. The molecule has 0 fully saturated rings. The van der Waals surface area contributed by atoms with Crippen molar-refractivity contribution in [3.05, 3.63) is 29.9 Å². The van der Waals surface area contributed by atoms with E-state index < -0.39 is 0 Å². The number of imidazole rings is 1. The SMILES string of the molecule is CCc1nc(Cn2ccnc2CO)no1. The molecule has 6 heteroatoms. The lowest BCUT2D eigenvalue weighted by Gasteiger charge is -2.00. The molecule has 80 valence electrons. The highest BCUT2D eigenvalue weighted by Crippen LogP contribution is 2.03. The minimum Gasteiger partial charge on any atom is -0.388 e. The average Bonchev–Trinajstić information content (AvgIpc) is 2.87. The van der Waals surface area contributed by atoms with Gasteiger partial charge >= 0.3 is 0 Å². The van der Waals surface area contributed by atoms with Gasteiger partial charge < -0.3 is 14.2 Å². The van der Waals surface area contributed by atoms with Crippen LogP contribution in [-0.2, 0) is 19.6 Å². The Labute approximate surface area is 86.6 Å². The largest absolute Gasteiger partial charge is 0.388 e. The Morgan fingerprint density at radius 3 is 3.07 bits per heavy atom. The molecule has 0 aliphatic heterocycles. The molecule has 6 nitrogen and oxygen atoms in total. The predicted molar refractivity (Wildman–Crippen MR) is 50.9 cm³/mol. The second-order valence-electron chi connectivity index (χ2n) is 3.09. The second kappa shape index (κ2) is 4.22. The molecule has 15 heavy (non-hydrogen) atoms. The van der Waals surface area contributed by atoms with Gasteiger partial charge in [0.1, 0.15) is 12.4 Å². The third-order valence-corrected chi connectivity index (χ3v) is 2.07. The molecule has 0 aliphatic carbocycles. The summed E-state index contributed by atoms with van der Waals surface area (Å²) < 4.78 is 6.76. The standard InChI is InChI=1S/C9H12N4O2/c1-2-9-11-7(12-15-9)5-13-4-3-10-8(13)6-14/h3-4,14H,2,5-6H2,1H3. The number of aryl methyl sites for hydroxylation is 1. The first-order chi connectivity index (χ1) is 7.33. The number of hydrogen-bond acceptors (Lipinski definition) is 5. The number of aliphatic hydroxyl groups is 1. The Balaban J connectivity index is 2.14. The topological polar surface area (TPSA) is 77.0 Å². The van der Waals surface area contributed by atoms with E-state index in [1.54, 1.807) is 17.0 Å². The van der Waals surface area contributed by atoms with Crippen molar-refractivity contribution < 1.29 is 9.63 Å². The zero-order chi connectivity index (χ0) is 10.7. The summed E-state index contributed by atoms with van der Waals surface area (Å²) >= 11 is 0. The van der Waals surface area contributed by atoms with Gasteiger partial charge in [0.25, 0.3) is 0 Å². The van der Waals surface area contributed by atoms with Crippen LogP contribution in [0.5, 0.6) is 0 Å². The summed E-state index contributed by atoms with van der Waals surface area (Å²) in [7, 11) is 0. The van der Waals surface area contributed by atoms with Gasteiger partial charge in [0.05, 0.1) is 6.54 Å². The first kappa shape index (κ1) is 9.85. The summed E-state index contributed by atoms with van der Waals surface area (Å²) in [6.45, 7) is 2.33. The van der Waals surface area contributed by atoms with Crippen molar-refractivity contribution in [2.75, 3.05) is 0 Å². The zero-order valence-electron chi connectivity index (χ0n) is 8.42. The second-order valence-corrected chi connectivity index (χ2v) is 3.09. The smallest absolute Gasteiger partial charge is 0.226 e. The summed E-state index contributed by atoms with van der Waals surface area (Å²) in [4.78, 5) is 8.16. The molecule has 0 radical (unpaired) electrons. The Bertz CT molecular complexity index is 435. The predicted octanol–water partition coefficient (Wildman–Crippen LogP) is 0.369. The molecule has 0 aliphatic rings. The van der Waals surface area contributed by atoms with Crippen LogP contribution in [0.25, 0.3) is 0 Å². The lowest BCUT2D eigenvalue weighted by Crippen LogP contribution is -2.05. The van der Waals surface area contributed by atoms with Gasteiger partial charge in [-0.15, -0.1) is 0 Å². The fourth-order valence-corrected chi connectivity index (χ4v) is 1.29. The first-order valence-corrected chi connectivity index (χ1v) is 4.75. The first-order valence-electron chi connectivity index (χ1n) is 4.75. The molecule has 0 saturated heterocycles. The lowest BCUT2D eigenvalue weighted by molar-refractivity contribution is 0.265. The Morgan fingerprint density at radius 1 is 1.53 bits per heavy atom. The van der Waals surface area contributed by atoms with Gasteiger partial charge in [-0.2, -0.15) is 4.98 Å². The molecule has 2 aromatic rings. The molecular formula is C9H12N4O2. The van der Waals surface area contributed by atoms with Gasteiger partial charge in [0, 0.05) is 18.8 Å². The number of rotatable bonds is 4.